The second-order valence-corrected chi connectivity index (χ2v) is 7.95. The molecular formula is C22H20N6O3. The summed E-state index contributed by atoms with van der Waals surface area (Å²) in [4.78, 5) is 23.9. The zero-order valence-corrected chi connectivity index (χ0v) is 16.9. The van der Waals surface area contributed by atoms with Gasteiger partial charge in [0.15, 0.2) is 0 Å². The first-order chi connectivity index (χ1) is 15.2. The third-order valence-electron chi connectivity index (χ3n) is 5.95. The van der Waals surface area contributed by atoms with E-state index in [0.717, 1.165) is 29.7 Å². The standard InChI is InChI=1S/C22H20N6O3/c1-13-5-6-14(21-25-22(26-31-21)28-11-16-9-15(28)12-30-16)8-17(13)24-20(29)18-10-23-19-4-2-3-7-27(18)19/h2-8,10,15-16H,9,11-12H2,1H3,(H,24,29)/t15-,16-/m0/s1. The highest BCUT2D eigenvalue weighted by molar-refractivity contribution is 6.04. The maximum atomic E-state index is 12.9. The molecule has 1 N–H and O–H groups in total. The second kappa shape index (κ2) is 6.92. The van der Waals surface area contributed by atoms with Crippen LogP contribution in [0.4, 0.5) is 11.6 Å². The number of hydrogen-bond donors (Lipinski definition) is 1. The molecule has 2 bridgehead atoms. The Bertz CT molecular complexity index is 1300. The minimum Gasteiger partial charge on any atom is -0.374 e. The molecule has 5 heterocycles. The van der Waals surface area contributed by atoms with Gasteiger partial charge in [0, 0.05) is 24.0 Å². The number of morpholine rings is 1. The van der Waals surface area contributed by atoms with Crippen molar-refractivity contribution in [1.29, 1.82) is 0 Å². The number of aryl methyl sites for hydroxylation is 1. The topological polar surface area (TPSA) is 97.8 Å². The largest absolute Gasteiger partial charge is 0.374 e. The molecule has 0 unspecified atom stereocenters. The molecule has 1 aromatic carbocycles. The Hall–Kier alpha value is -3.72. The highest BCUT2D eigenvalue weighted by Crippen LogP contribution is 2.32. The van der Waals surface area contributed by atoms with Crippen molar-refractivity contribution in [2.24, 2.45) is 0 Å². The molecule has 6 rings (SSSR count). The van der Waals surface area contributed by atoms with Crippen LogP contribution >= 0.6 is 0 Å². The Balaban J connectivity index is 1.26. The fourth-order valence-electron chi connectivity index (χ4n) is 4.27. The van der Waals surface area contributed by atoms with Gasteiger partial charge in [-0.25, -0.2) is 4.98 Å². The van der Waals surface area contributed by atoms with Gasteiger partial charge in [-0.3, -0.25) is 9.20 Å². The predicted octanol–water partition coefficient (Wildman–Crippen LogP) is 2.92. The Labute approximate surface area is 177 Å². The quantitative estimate of drug-likeness (QED) is 0.546. The van der Waals surface area contributed by atoms with Gasteiger partial charge < -0.3 is 19.5 Å². The van der Waals surface area contributed by atoms with Gasteiger partial charge in [0.1, 0.15) is 11.3 Å². The van der Waals surface area contributed by atoms with E-state index in [9.17, 15) is 4.79 Å². The van der Waals surface area contributed by atoms with Crippen LogP contribution in [0, 0.1) is 6.92 Å². The molecule has 31 heavy (non-hydrogen) atoms. The van der Waals surface area contributed by atoms with E-state index in [2.05, 4.69) is 25.3 Å². The maximum Gasteiger partial charge on any atom is 0.274 e. The number of imidazole rings is 1. The summed E-state index contributed by atoms with van der Waals surface area (Å²) >= 11 is 0. The molecule has 0 aliphatic carbocycles. The average molecular weight is 416 g/mol. The molecule has 156 valence electrons. The van der Waals surface area contributed by atoms with Gasteiger partial charge in [0.25, 0.3) is 17.7 Å². The van der Waals surface area contributed by atoms with E-state index in [1.807, 2.05) is 49.5 Å². The van der Waals surface area contributed by atoms with Crippen molar-refractivity contribution in [2.45, 2.75) is 25.5 Å². The summed E-state index contributed by atoms with van der Waals surface area (Å²) in [6.45, 7) is 3.44. The summed E-state index contributed by atoms with van der Waals surface area (Å²) in [7, 11) is 0. The number of fused-ring (bicyclic) bond motifs is 3. The number of aromatic nitrogens is 4. The van der Waals surface area contributed by atoms with Crippen molar-refractivity contribution in [3.63, 3.8) is 0 Å². The van der Waals surface area contributed by atoms with Crippen molar-refractivity contribution < 1.29 is 14.1 Å². The smallest absolute Gasteiger partial charge is 0.274 e. The fourth-order valence-corrected chi connectivity index (χ4v) is 4.27. The van der Waals surface area contributed by atoms with Crippen molar-refractivity contribution >= 4 is 23.2 Å². The van der Waals surface area contributed by atoms with E-state index in [1.54, 1.807) is 10.6 Å². The Morgan fingerprint density at radius 3 is 3.03 bits per heavy atom. The number of nitrogens with zero attached hydrogens (tertiary/aromatic N) is 5. The van der Waals surface area contributed by atoms with E-state index in [-0.39, 0.29) is 12.0 Å². The SMILES string of the molecule is Cc1ccc(-c2nc(N3C[C@@H]4C[C@H]3CO4)no2)cc1NC(=O)c1cnc2ccccn12. The number of amides is 1. The number of benzene rings is 1. The van der Waals surface area contributed by atoms with Crippen LogP contribution in [0.1, 0.15) is 22.5 Å². The van der Waals surface area contributed by atoms with Crippen LogP contribution < -0.4 is 10.2 Å². The number of rotatable bonds is 4. The zero-order valence-electron chi connectivity index (χ0n) is 16.9. The van der Waals surface area contributed by atoms with Gasteiger partial charge in [-0.1, -0.05) is 12.1 Å². The first-order valence-electron chi connectivity index (χ1n) is 10.2. The molecule has 2 aliphatic heterocycles. The summed E-state index contributed by atoms with van der Waals surface area (Å²) in [5.74, 6) is 0.768. The lowest BCUT2D eigenvalue weighted by Crippen LogP contribution is -2.37. The van der Waals surface area contributed by atoms with Crippen LogP contribution in [0.2, 0.25) is 0 Å². The van der Waals surface area contributed by atoms with E-state index < -0.39 is 0 Å². The van der Waals surface area contributed by atoms with E-state index >= 15 is 0 Å². The van der Waals surface area contributed by atoms with Crippen LogP contribution in [0.5, 0.6) is 0 Å². The zero-order chi connectivity index (χ0) is 20.9. The van der Waals surface area contributed by atoms with Crippen LogP contribution in [0.15, 0.2) is 53.3 Å². The van der Waals surface area contributed by atoms with Crippen LogP contribution in [-0.4, -0.2) is 50.7 Å². The molecule has 0 spiro atoms. The van der Waals surface area contributed by atoms with Gasteiger partial charge in [0.05, 0.1) is 24.9 Å². The van der Waals surface area contributed by atoms with E-state index in [0.29, 0.717) is 35.9 Å². The Morgan fingerprint density at radius 2 is 2.19 bits per heavy atom. The van der Waals surface area contributed by atoms with Gasteiger partial charge in [-0.05, 0) is 48.3 Å². The van der Waals surface area contributed by atoms with Crippen molar-refractivity contribution in [2.75, 3.05) is 23.4 Å². The molecule has 2 atom stereocenters. The molecule has 9 nitrogen and oxygen atoms in total. The maximum absolute atomic E-state index is 12.9. The van der Waals surface area contributed by atoms with E-state index in [4.69, 9.17) is 9.26 Å². The highest BCUT2D eigenvalue weighted by atomic mass is 16.5. The molecule has 2 saturated heterocycles. The number of pyridine rings is 1. The lowest BCUT2D eigenvalue weighted by atomic mass is 10.1. The normalized spacial score (nSPS) is 20.0. The number of nitrogens with one attached hydrogen (secondary N) is 1. The van der Waals surface area contributed by atoms with Gasteiger partial charge in [0.2, 0.25) is 0 Å². The minimum absolute atomic E-state index is 0.238. The van der Waals surface area contributed by atoms with Gasteiger partial charge in [-0.15, -0.1) is 0 Å². The highest BCUT2D eigenvalue weighted by Gasteiger charge is 2.41. The third kappa shape index (κ3) is 3.05. The minimum atomic E-state index is -0.238. The molecule has 0 saturated carbocycles. The van der Waals surface area contributed by atoms with Crippen molar-refractivity contribution in [3.05, 3.63) is 60.0 Å². The Kier molecular flexibility index (Phi) is 4.03. The van der Waals surface area contributed by atoms with Crippen molar-refractivity contribution in [3.8, 4) is 11.5 Å². The number of ether oxygens (including phenoxy) is 1. The summed E-state index contributed by atoms with van der Waals surface area (Å²) in [5.41, 5.74) is 3.55. The van der Waals surface area contributed by atoms with E-state index in [1.165, 1.54) is 0 Å². The lowest BCUT2D eigenvalue weighted by molar-refractivity contribution is 0.0984. The van der Waals surface area contributed by atoms with Crippen LogP contribution in [0.25, 0.3) is 17.1 Å². The molecule has 1 amide bonds. The molecule has 3 aromatic heterocycles. The molecular weight excluding hydrogens is 396 g/mol. The average Bonchev–Trinajstić information content (AvgIpc) is 3.57. The third-order valence-corrected chi connectivity index (χ3v) is 5.95. The fraction of sp³-hybridized carbons (Fsp3) is 0.273. The lowest BCUT2D eigenvalue weighted by Gasteiger charge is -2.24. The monoisotopic (exact) mass is 416 g/mol. The second-order valence-electron chi connectivity index (χ2n) is 7.95. The van der Waals surface area contributed by atoms with Crippen molar-refractivity contribution in [1.82, 2.24) is 19.5 Å². The van der Waals surface area contributed by atoms with Gasteiger partial charge >= 0.3 is 0 Å². The Morgan fingerprint density at radius 1 is 1.26 bits per heavy atom. The number of carbonyl (C=O) groups excluding carboxylic acids is 1. The van der Waals surface area contributed by atoms with Crippen LogP contribution in [0.3, 0.4) is 0 Å². The molecule has 4 aromatic rings. The number of carbonyl (C=O) groups is 1. The summed E-state index contributed by atoms with van der Waals surface area (Å²) in [5, 5.41) is 7.15. The molecule has 0 radical (unpaired) electrons. The summed E-state index contributed by atoms with van der Waals surface area (Å²) < 4.78 is 12.9. The molecule has 2 aliphatic rings. The number of hydrogen-bond acceptors (Lipinski definition) is 7. The first kappa shape index (κ1) is 18.1. The van der Waals surface area contributed by atoms with Crippen LogP contribution in [-0.2, 0) is 4.74 Å². The molecule has 2 fully saturated rings. The summed E-state index contributed by atoms with van der Waals surface area (Å²) in [6.07, 6.45) is 4.65. The first-order valence-corrected chi connectivity index (χ1v) is 10.2. The molecule has 9 heteroatoms. The summed E-state index contributed by atoms with van der Waals surface area (Å²) in [6, 6.07) is 11.6. The predicted molar refractivity (Wildman–Crippen MR) is 113 cm³/mol. The number of anilines is 2. The van der Waals surface area contributed by atoms with Gasteiger partial charge in [-0.2, -0.15) is 4.98 Å².